The highest BCUT2D eigenvalue weighted by molar-refractivity contribution is 9.10. The zero-order valence-electron chi connectivity index (χ0n) is 15.6. The lowest BCUT2D eigenvalue weighted by Gasteiger charge is -2.13. The monoisotopic (exact) mass is 498 g/mol. The van der Waals surface area contributed by atoms with Crippen molar-refractivity contribution < 1.29 is 14.1 Å². The van der Waals surface area contributed by atoms with Crippen LogP contribution in [0, 0.1) is 15.9 Å². The first-order chi connectivity index (χ1) is 14.9. The average molecular weight is 499 g/mol. The summed E-state index contributed by atoms with van der Waals surface area (Å²) in [5.41, 5.74) is 1.35. The van der Waals surface area contributed by atoms with Crippen molar-refractivity contribution in [2.24, 2.45) is 5.10 Å². The molecule has 4 aromatic rings. The summed E-state index contributed by atoms with van der Waals surface area (Å²) in [7, 11) is 0. The molecular weight excluding hydrogens is 487 g/mol. The van der Waals surface area contributed by atoms with Crippen LogP contribution in [0.1, 0.15) is 15.9 Å². The van der Waals surface area contributed by atoms with Crippen LogP contribution in [0.2, 0.25) is 0 Å². The molecule has 0 aliphatic heterocycles. The van der Waals surface area contributed by atoms with Crippen molar-refractivity contribution in [3.8, 4) is 0 Å². The Labute approximate surface area is 187 Å². The standard InChI is InChI=1S/C21H12BrFN4O3S/c22-15-5-1-13(2-6-15)12-24-26(20(28)14-3-8-17(9-4-14)27(29)30)21-25-18-10-7-16(23)11-19(18)31-21/h1-12H/b24-12+. The Kier molecular flexibility index (Phi) is 5.83. The molecule has 0 unspecified atom stereocenters. The van der Waals surface area contributed by atoms with E-state index in [1.54, 1.807) is 0 Å². The lowest BCUT2D eigenvalue weighted by molar-refractivity contribution is -0.384. The first kappa shape index (κ1) is 20.8. The van der Waals surface area contributed by atoms with E-state index in [4.69, 9.17) is 0 Å². The Hall–Kier alpha value is -3.50. The third-order valence-corrected chi connectivity index (χ3v) is 5.75. The van der Waals surface area contributed by atoms with Crippen LogP contribution in [0.3, 0.4) is 0 Å². The number of hydrogen-bond donors (Lipinski definition) is 0. The molecule has 10 heteroatoms. The number of carbonyl (C=O) groups excluding carboxylic acids is 1. The Bertz CT molecular complexity index is 1310. The minimum absolute atomic E-state index is 0.128. The molecule has 1 heterocycles. The SMILES string of the molecule is O=C(c1ccc([N+](=O)[O-])cc1)N(/N=C/c1ccc(Br)cc1)c1nc2ccc(F)cc2s1. The predicted octanol–water partition coefficient (Wildman–Crippen LogP) is 5.79. The minimum atomic E-state index is -0.542. The van der Waals surface area contributed by atoms with Crippen LogP contribution >= 0.6 is 27.3 Å². The molecule has 0 atom stereocenters. The fraction of sp³-hybridized carbons (Fsp3) is 0. The van der Waals surface area contributed by atoms with Crippen molar-refractivity contribution >= 4 is 60.4 Å². The summed E-state index contributed by atoms with van der Waals surface area (Å²) in [5, 5.41) is 16.6. The molecule has 31 heavy (non-hydrogen) atoms. The molecule has 0 spiro atoms. The Morgan fingerprint density at radius 3 is 2.52 bits per heavy atom. The second kappa shape index (κ2) is 8.70. The number of halogens is 2. The lowest BCUT2D eigenvalue weighted by atomic mass is 10.2. The Balaban J connectivity index is 1.74. The highest BCUT2D eigenvalue weighted by Crippen LogP contribution is 2.30. The summed E-state index contributed by atoms with van der Waals surface area (Å²) in [5.74, 6) is -0.933. The molecule has 0 bridgehead atoms. The molecule has 3 aromatic carbocycles. The number of amides is 1. The molecule has 7 nitrogen and oxygen atoms in total. The van der Waals surface area contributed by atoms with Crippen molar-refractivity contribution in [3.63, 3.8) is 0 Å². The smallest absolute Gasteiger partial charge is 0.267 e. The van der Waals surface area contributed by atoms with E-state index in [0.717, 1.165) is 26.4 Å². The van der Waals surface area contributed by atoms with Gasteiger partial charge >= 0.3 is 0 Å². The second-order valence-electron chi connectivity index (χ2n) is 6.33. The van der Waals surface area contributed by atoms with Crippen LogP contribution in [0.4, 0.5) is 15.2 Å². The number of fused-ring (bicyclic) bond motifs is 1. The van der Waals surface area contributed by atoms with Crippen molar-refractivity contribution in [1.29, 1.82) is 0 Å². The molecule has 0 aliphatic rings. The van der Waals surface area contributed by atoms with Gasteiger partial charge in [0, 0.05) is 22.2 Å². The van der Waals surface area contributed by atoms with Crippen molar-refractivity contribution in [3.05, 3.63) is 98.3 Å². The molecule has 1 amide bonds. The molecule has 154 valence electrons. The Morgan fingerprint density at radius 2 is 1.84 bits per heavy atom. The van der Waals surface area contributed by atoms with Gasteiger partial charge in [-0.1, -0.05) is 39.4 Å². The third kappa shape index (κ3) is 4.65. The van der Waals surface area contributed by atoms with Crippen molar-refractivity contribution in [2.45, 2.75) is 0 Å². The van der Waals surface area contributed by atoms with Crippen LogP contribution in [-0.2, 0) is 0 Å². The topological polar surface area (TPSA) is 88.7 Å². The predicted molar refractivity (Wildman–Crippen MR) is 121 cm³/mol. The summed E-state index contributed by atoms with van der Waals surface area (Å²) < 4.78 is 15.1. The number of rotatable bonds is 5. The number of benzene rings is 3. The van der Waals surface area contributed by atoms with Gasteiger partial charge in [0.2, 0.25) is 5.13 Å². The van der Waals surface area contributed by atoms with Gasteiger partial charge in [-0.2, -0.15) is 10.1 Å². The van der Waals surface area contributed by atoms with Gasteiger partial charge < -0.3 is 0 Å². The second-order valence-corrected chi connectivity index (χ2v) is 8.25. The van der Waals surface area contributed by atoms with E-state index in [9.17, 15) is 19.3 Å². The highest BCUT2D eigenvalue weighted by atomic mass is 79.9. The van der Waals surface area contributed by atoms with Crippen molar-refractivity contribution in [2.75, 3.05) is 5.01 Å². The summed E-state index contributed by atoms with van der Waals surface area (Å²) in [6, 6.07) is 16.7. The van der Waals surface area contributed by atoms with Crippen LogP contribution in [0.5, 0.6) is 0 Å². The molecule has 0 saturated heterocycles. The number of hydrogen-bond acceptors (Lipinski definition) is 6. The number of hydrazone groups is 1. The minimum Gasteiger partial charge on any atom is -0.267 e. The lowest BCUT2D eigenvalue weighted by Crippen LogP contribution is -2.25. The number of nitro groups is 1. The van der Waals surface area contributed by atoms with E-state index in [2.05, 4.69) is 26.0 Å². The van der Waals surface area contributed by atoms with Gasteiger partial charge in [0.15, 0.2) is 0 Å². The Morgan fingerprint density at radius 1 is 1.13 bits per heavy atom. The van der Waals surface area contributed by atoms with Crippen LogP contribution in [0.25, 0.3) is 10.2 Å². The molecule has 4 rings (SSSR count). The van der Waals surface area contributed by atoms with E-state index in [1.165, 1.54) is 48.7 Å². The molecular formula is C21H12BrFN4O3S. The van der Waals surface area contributed by atoms with Crippen molar-refractivity contribution in [1.82, 2.24) is 4.98 Å². The number of non-ortho nitro benzene ring substituents is 1. The molecule has 0 radical (unpaired) electrons. The maximum absolute atomic E-state index is 13.6. The van der Waals surface area contributed by atoms with Gasteiger partial charge in [-0.3, -0.25) is 14.9 Å². The van der Waals surface area contributed by atoms with E-state index in [-0.39, 0.29) is 16.4 Å². The van der Waals surface area contributed by atoms with E-state index in [1.807, 2.05) is 24.3 Å². The van der Waals surface area contributed by atoms with Gasteiger partial charge in [0.1, 0.15) is 5.82 Å². The molecule has 1 aromatic heterocycles. The number of aromatic nitrogens is 1. The quantitative estimate of drug-likeness (QED) is 0.198. The first-order valence-corrected chi connectivity index (χ1v) is 10.5. The zero-order valence-corrected chi connectivity index (χ0v) is 18.0. The average Bonchev–Trinajstić information content (AvgIpc) is 3.17. The first-order valence-electron chi connectivity index (χ1n) is 8.85. The van der Waals surface area contributed by atoms with E-state index in [0.29, 0.717) is 10.2 Å². The van der Waals surface area contributed by atoms with Gasteiger partial charge in [-0.05, 0) is 48.0 Å². The van der Waals surface area contributed by atoms with Gasteiger partial charge in [0.25, 0.3) is 11.6 Å². The molecule has 0 aliphatic carbocycles. The maximum atomic E-state index is 13.6. The fourth-order valence-corrected chi connectivity index (χ4v) is 3.90. The summed E-state index contributed by atoms with van der Waals surface area (Å²) in [6.45, 7) is 0. The van der Waals surface area contributed by atoms with Crippen LogP contribution < -0.4 is 5.01 Å². The number of anilines is 1. The number of carbonyl (C=O) groups is 1. The number of nitro benzene ring substituents is 1. The molecule has 0 fully saturated rings. The van der Waals surface area contributed by atoms with Gasteiger partial charge in [-0.15, -0.1) is 0 Å². The summed E-state index contributed by atoms with van der Waals surface area (Å²) in [4.78, 5) is 27.9. The zero-order chi connectivity index (χ0) is 22.0. The fourth-order valence-electron chi connectivity index (χ4n) is 2.69. The number of nitrogens with zero attached hydrogens (tertiary/aromatic N) is 4. The molecule has 0 saturated carbocycles. The van der Waals surface area contributed by atoms with Gasteiger partial charge in [0.05, 0.1) is 21.4 Å². The number of thiazole rings is 1. The third-order valence-electron chi connectivity index (χ3n) is 4.23. The van der Waals surface area contributed by atoms with Crippen LogP contribution in [-0.4, -0.2) is 22.0 Å². The maximum Gasteiger partial charge on any atom is 0.280 e. The summed E-state index contributed by atoms with van der Waals surface area (Å²) in [6.07, 6.45) is 1.50. The highest BCUT2D eigenvalue weighted by Gasteiger charge is 2.22. The molecule has 0 N–H and O–H groups in total. The normalized spacial score (nSPS) is 11.2. The van der Waals surface area contributed by atoms with Gasteiger partial charge in [-0.25, -0.2) is 9.37 Å². The van der Waals surface area contributed by atoms with E-state index < -0.39 is 16.6 Å². The summed E-state index contributed by atoms with van der Waals surface area (Å²) >= 11 is 4.47. The van der Waals surface area contributed by atoms with Crippen LogP contribution in [0.15, 0.2) is 76.3 Å². The van der Waals surface area contributed by atoms with E-state index >= 15 is 0 Å². The largest absolute Gasteiger partial charge is 0.280 e.